The molecule has 1 heterocycles. The molecule has 1 aromatic carbocycles. The van der Waals surface area contributed by atoms with Crippen molar-refractivity contribution in [3.63, 3.8) is 0 Å². The Morgan fingerprint density at radius 3 is 2.40 bits per heavy atom. The van der Waals surface area contributed by atoms with Gasteiger partial charge in [0, 0.05) is 12.0 Å². The Bertz CT molecular complexity index is 368. The van der Waals surface area contributed by atoms with Crippen molar-refractivity contribution < 1.29 is 0 Å². The number of likely N-dealkylation sites (N-methyl/N-ethyl adjacent to an activating group) is 1. The summed E-state index contributed by atoms with van der Waals surface area (Å²) in [6.45, 7) is 10.5. The molecule has 1 aliphatic heterocycles. The molecule has 1 N–H and O–H groups in total. The molecule has 112 valence electrons. The highest BCUT2D eigenvalue weighted by molar-refractivity contribution is 5.27. The van der Waals surface area contributed by atoms with Gasteiger partial charge in [-0.05, 0) is 51.0 Å². The molecule has 0 radical (unpaired) electrons. The summed E-state index contributed by atoms with van der Waals surface area (Å²) in [6, 6.07) is 11.2. The van der Waals surface area contributed by atoms with Gasteiger partial charge in [-0.15, -0.1) is 0 Å². The van der Waals surface area contributed by atoms with E-state index < -0.39 is 0 Å². The molecule has 0 saturated carbocycles. The van der Waals surface area contributed by atoms with Crippen molar-refractivity contribution in [1.29, 1.82) is 0 Å². The van der Waals surface area contributed by atoms with Crippen molar-refractivity contribution in [2.75, 3.05) is 32.7 Å². The van der Waals surface area contributed by atoms with E-state index in [0.717, 1.165) is 13.1 Å². The third kappa shape index (κ3) is 3.83. The number of nitrogens with zero attached hydrogens (tertiary/aromatic N) is 1. The van der Waals surface area contributed by atoms with Gasteiger partial charge in [0.25, 0.3) is 0 Å². The van der Waals surface area contributed by atoms with E-state index in [1.54, 1.807) is 0 Å². The van der Waals surface area contributed by atoms with E-state index in [-0.39, 0.29) is 0 Å². The van der Waals surface area contributed by atoms with Crippen LogP contribution in [0.4, 0.5) is 0 Å². The molecule has 0 spiro atoms. The predicted octanol–water partition coefficient (Wildman–Crippen LogP) is 3.43. The summed E-state index contributed by atoms with van der Waals surface area (Å²) in [5.74, 6) is 0. The average molecular weight is 274 g/mol. The number of nitrogens with one attached hydrogen (secondary N) is 1. The van der Waals surface area contributed by atoms with E-state index in [1.807, 2.05) is 0 Å². The molecular weight excluding hydrogens is 244 g/mol. The second-order valence-corrected chi connectivity index (χ2v) is 6.12. The van der Waals surface area contributed by atoms with Gasteiger partial charge in [-0.25, -0.2) is 0 Å². The van der Waals surface area contributed by atoms with Crippen LogP contribution in [0.2, 0.25) is 0 Å². The monoisotopic (exact) mass is 274 g/mol. The first-order valence-electron chi connectivity index (χ1n) is 8.29. The molecule has 0 unspecified atom stereocenters. The highest BCUT2D eigenvalue weighted by Gasteiger charge is 2.35. The maximum absolute atomic E-state index is 3.53. The van der Waals surface area contributed by atoms with Gasteiger partial charge < -0.3 is 10.2 Å². The van der Waals surface area contributed by atoms with Gasteiger partial charge >= 0.3 is 0 Å². The van der Waals surface area contributed by atoms with Crippen LogP contribution in [-0.2, 0) is 5.41 Å². The van der Waals surface area contributed by atoms with Crippen LogP contribution in [0.5, 0.6) is 0 Å². The molecule has 2 rings (SSSR count). The zero-order valence-electron chi connectivity index (χ0n) is 13.2. The van der Waals surface area contributed by atoms with E-state index in [0.29, 0.717) is 5.41 Å². The zero-order chi connectivity index (χ0) is 14.3. The molecule has 1 fully saturated rings. The number of benzene rings is 1. The largest absolute Gasteiger partial charge is 0.317 e. The lowest BCUT2D eigenvalue weighted by atomic mass is 9.72. The molecule has 1 saturated heterocycles. The summed E-state index contributed by atoms with van der Waals surface area (Å²) >= 11 is 0. The first-order valence-corrected chi connectivity index (χ1v) is 8.29. The summed E-state index contributed by atoms with van der Waals surface area (Å²) in [5.41, 5.74) is 1.90. The first kappa shape index (κ1) is 15.5. The van der Waals surface area contributed by atoms with Gasteiger partial charge in [-0.1, -0.05) is 50.6 Å². The molecular formula is C18H30N2. The third-order valence-electron chi connectivity index (χ3n) is 4.75. The summed E-state index contributed by atoms with van der Waals surface area (Å²) in [7, 11) is 0. The van der Waals surface area contributed by atoms with Crippen molar-refractivity contribution in [3.05, 3.63) is 35.9 Å². The number of hydrogen-bond donors (Lipinski definition) is 1. The van der Waals surface area contributed by atoms with E-state index in [9.17, 15) is 0 Å². The number of rotatable bonds is 7. The normalized spacial score (nSPS) is 18.4. The molecule has 0 atom stereocenters. The maximum atomic E-state index is 3.53. The Morgan fingerprint density at radius 2 is 1.80 bits per heavy atom. The molecule has 0 bridgehead atoms. The Kier molecular flexibility index (Phi) is 6.06. The standard InChI is InChI=1S/C18H30N2/c1-3-5-15-20(4-2)16-18(11-13-19-14-12-18)17-9-7-6-8-10-17/h6-10,19H,3-5,11-16H2,1-2H3. The van der Waals surface area contributed by atoms with Crippen LogP contribution >= 0.6 is 0 Å². The zero-order valence-corrected chi connectivity index (χ0v) is 13.2. The Balaban J connectivity index is 2.14. The summed E-state index contributed by atoms with van der Waals surface area (Å²) in [5, 5.41) is 3.53. The minimum atomic E-state index is 0.357. The molecule has 1 aliphatic rings. The molecule has 1 aromatic rings. The summed E-state index contributed by atoms with van der Waals surface area (Å²) in [4.78, 5) is 2.65. The number of hydrogen-bond acceptors (Lipinski definition) is 2. The molecule has 0 aromatic heterocycles. The molecule has 2 heteroatoms. The lowest BCUT2D eigenvalue weighted by Crippen LogP contribution is -2.48. The van der Waals surface area contributed by atoms with Crippen molar-refractivity contribution in [3.8, 4) is 0 Å². The highest BCUT2D eigenvalue weighted by Crippen LogP contribution is 2.34. The smallest absolute Gasteiger partial charge is 0.0104 e. The van der Waals surface area contributed by atoms with Gasteiger partial charge in [-0.3, -0.25) is 0 Å². The fourth-order valence-electron chi connectivity index (χ4n) is 3.39. The summed E-state index contributed by atoms with van der Waals surface area (Å²) in [6.07, 6.45) is 5.13. The SMILES string of the molecule is CCCCN(CC)CC1(c2ccccc2)CCNCC1. The second-order valence-electron chi connectivity index (χ2n) is 6.12. The average Bonchev–Trinajstić information content (AvgIpc) is 2.53. The minimum Gasteiger partial charge on any atom is -0.317 e. The van der Waals surface area contributed by atoms with Gasteiger partial charge in [0.05, 0.1) is 0 Å². The Morgan fingerprint density at radius 1 is 1.10 bits per heavy atom. The summed E-state index contributed by atoms with van der Waals surface area (Å²) < 4.78 is 0. The van der Waals surface area contributed by atoms with Crippen molar-refractivity contribution >= 4 is 0 Å². The molecule has 0 aliphatic carbocycles. The van der Waals surface area contributed by atoms with E-state index in [1.165, 1.54) is 50.9 Å². The quantitative estimate of drug-likeness (QED) is 0.819. The van der Waals surface area contributed by atoms with Crippen LogP contribution in [-0.4, -0.2) is 37.6 Å². The van der Waals surface area contributed by atoms with Crippen LogP contribution in [0.1, 0.15) is 45.1 Å². The van der Waals surface area contributed by atoms with Crippen molar-refractivity contribution in [2.24, 2.45) is 0 Å². The predicted molar refractivity (Wildman–Crippen MR) is 87.2 cm³/mol. The Hall–Kier alpha value is -0.860. The van der Waals surface area contributed by atoms with Gasteiger partial charge in [0.1, 0.15) is 0 Å². The fraction of sp³-hybridized carbons (Fsp3) is 0.667. The van der Waals surface area contributed by atoms with Crippen LogP contribution in [0.25, 0.3) is 0 Å². The topological polar surface area (TPSA) is 15.3 Å². The highest BCUT2D eigenvalue weighted by atomic mass is 15.1. The molecule has 20 heavy (non-hydrogen) atoms. The van der Waals surface area contributed by atoms with E-state index >= 15 is 0 Å². The lowest BCUT2D eigenvalue weighted by Gasteiger charge is -2.42. The fourth-order valence-corrected chi connectivity index (χ4v) is 3.39. The van der Waals surface area contributed by atoms with Gasteiger partial charge in [0.2, 0.25) is 0 Å². The van der Waals surface area contributed by atoms with Crippen LogP contribution in [0.15, 0.2) is 30.3 Å². The van der Waals surface area contributed by atoms with E-state index in [2.05, 4.69) is 54.4 Å². The van der Waals surface area contributed by atoms with Crippen molar-refractivity contribution in [1.82, 2.24) is 10.2 Å². The molecule has 0 amide bonds. The Labute approximate surface area is 124 Å². The first-order chi connectivity index (χ1) is 9.80. The van der Waals surface area contributed by atoms with Crippen LogP contribution < -0.4 is 5.32 Å². The lowest BCUT2D eigenvalue weighted by molar-refractivity contribution is 0.178. The van der Waals surface area contributed by atoms with Gasteiger partial charge in [-0.2, -0.15) is 0 Å². The van der Waals surface area contributed by atoms with Crippen LogP contribution in [0.3, 0.4) is 0 Å². The number of unbranched alkanes of at least 4 members (excludes halogenated alkanes) is 1. The maximum Gasteiger partial charge on any atom is 0.0104 e. The molecule has 2 nitrogen and oxygen atoms in total. The number of piperidine rings is 1. The third-order valence-corrected chi connectivity index (χ3v) is 4.75. The van der Waals surface area contributed by atoms with Crippen LogP contribution in [0, 0.1) is 0 Å². The second kappa shape index (κ2) is 7.80. The minimum absolute atomic E-state index is 0.357. The van der Waals surface area contributed by atoms with E-state index in [4.69, 9.17) is 0 Å². The van der Waals surface area contributed by atoms with Crippen molar-refractivity contribution in [2.45, 2.75) is 44.9 Å². The van der Waals surface area contributed by atoms with Gasteiger partial charge in [0.15, 0.2) is 0 Å².